The highest BCUT2D eigenvalue weighted by atomic mass is 16.3. The number of hydrogen-bond acceptors (Lipinski definition) is 3. The molecule has 55 heavy (non-hydrogen) atoms. The van der Waals surface area contributed by atoms with Crippen LogP contribution in [0.3, 0.4) is 0 Å². The van der Waals surface area contributed by atoms with Crippen molar-refractivity contribution in [1.82, 2.24) is 9.61 Å². The molecule has 8 aromatic carbocycles. The largest absolute Gasteiger partial charge is 0.456 e. The van der Waals surface area contributed by atoms with Crippen molar-refractivity contribution < 1.29 is 4.42 Å². The quantitative estimate of drug-likeness (QED) is 0.162. The van der Waals surface area contributed by atoms with Crippen molar-refractivity contribution in [3.8, 4) is 33.4 Å². The first-order valence-electron chi connectivity index (χ1n) is 18.6. The molecule has 11 aromatic rings. The van der Waals surface area contributed by atoms with E-state index in [1.807, 2.05) is 16.8 Å². The topological polar surface area (TPSA) is 33.7 Å². The van der Waals surface area contributed by atoms with Gasteiger partial charge in [-0.15, -0.1) is 0 Å². The molecular weight excluding hydrogens is 671 g/mol. The summed E-state index contributed by atoms with van der Waals surface area (Å²) < 4.78 is 8.55. The van der Waals surface area contributed by atoms with Crippen molar-refractivity contribution in [2.24, 2.45) is 0 Å². The zero-order chi connectivity index (χ0) is 36.3. The first-order chi connectivity index (χ1) is 27.3. The maximum Gasteiger partial charge on any atom is 0.136 e. The Kier molecular flexibility index (Phi) is 7.14. The first-order valence-corrected chi connectivity index (χ1v) is 18.6. The second kappa shape index (κ2) is 12.6. The molecule has 0 amide bonds. The molecule has 0 aliphatic carbocycles. The maximum absolute atomic E-state index is 6.63. The van der Waals surface area contributed by atoms with Gasteiger partial charge < -0.3 is 9.32 Å². The Morgan fingerprint density at radius 1 is 0.418 bits per heavy atom. The van der Waals surface area contributed by atoms with Crippen LogP contribution in [0.4, 0.5) is 17.1 Å². The van der Waals surface area contributed by atoms with Crippen LogP contribution in [0.5, 0.6) is 0 Å². The van der Waals surface area contributed by atoms with Gasteiger partial charge in [0.2, 0.25) is 0 Å². The lowest BCUT2D eigenvalue weighted by atomic mass is 9.85. The Labute approximate surface area is 317 Å². The number of fused-ring (bicyclic) bond motifs is 6. The summed E-state index contributed by atoms with van der Waals surface area (Å²) in [7, 11) is 0. The highest BCUT2D eigenvalue weighted by Crippen LogP contribution is 2.47. The zero-order valence-corrected chi connectivity index (χ0v) is 29.8. The molecular formula is C51H33N3O. The lowest BCUT2D eigenvalue weighted by Gasteiger charge is -2.25. The first kappa shape index (κ1) is 31.1. The van der Waals surface area contributed by atoms with Gasteiger partial charge in [-0.1, -0.05) is 121 Å². The van der Waals surface area contributed by atoms with Crippen LogP contribution in [0.2, 0.25) is 0 Å². The molecule has 0 atom stereocenters. The summed E-state index contributed by atoms with van der Waals surface area (Å²) in [5.74, 6) is 0. The number of para-hydroxylation sites is 2. The third-order valence-corrected chi connectivity index (χ3v) is 10.9. The summed E-state index contributed by atoms with van der Waals surface area (Å²) in [5, 5.41) is 11.5. The highest BCUT2D eigenvalue weighted by molar-refractivity contribution is 6.25. The van der Waals surface area contributed by atoms with Crippen molar-refractivity contribution in [2.45, 2.75) is 0 Å². The van der Waals surface area contributed by atoms with Crippen LogP contribution in [0.15, 0.2) is 205 Å². The van der Waals surface area contributed by atoms with Crippen molar-refractivity contribution in [3.63, 3.8) is 0 Å². The van der Waals surface area contributed by atoms with Crippen molar-refractivity contribution in [3.05, 3.63) is 200 Å². The average molecular weight is 704 g/mol. The van der Waals surface area contributed by atoms with E-state index in [1.165, 1.54) is 38.2 Å². The van der Waals surface area contributed by atoms with Crippen LogP contribution in [0.1, 0.15) is 0 Å². The van der Waals surface area contributed by atoms with Crippen LogP contribution >= 0.6 is 0 Å². The SMILES string of the molecule is c1ccc(N(c2ccccc2)c2ccc(-c3c4ccccc4c(-c4cccc5oc6cc(-c7ccc8ccnn8c7)ccc6c45)c4ccccc34)cc2)cc1. The molecule has 0 saturated heterocycles. The maximum atomic E-state index is 6.63. The fourth-order valence-electron chi connectivity index (χ4n) is 8.41. The van der Waals surface area contributed by atoms with Crippen molar-refractivity contribution in [2.75, 3.05) is 4.90 Å². The third kappa shape index (κ3) is 5.11. The summed E-state index contributed by atoms with van der Waals surface area (Å²) in [6.45, 7) is 0. The van der Waals surface area contributed by atoms with Gasteiger partial charge in [-0.25, -0.2) is 4.52 Å². The summed E-state index contributed by atoms with van der Waals surface area (Å²) in [6.07, 6.45) is 3.89. The van der Waals surface area contributed by atoms with E-state index in [4.69, 9.17) is 4.42 Å². The lowest BCUT2D eigenvalue weighted by Crippen LogP contribution is -2.09. The van der Waals surface area contributed by atoms with Gasteiger partial charge in [-0.2, -0.15) is 5.10 Å². The summed E-state index contributed by atoms with van der Waals surface area (Å²) in [5.41, 5.74) is 13.1. The number of benzene rings is 8. The monoisotopic (exact) mass is 703 g/mol. The van der Waals surface area contributed by atoms with E-state index in [-0.39, 0.29) is 0 Å². The molecule has 0 spiro atoms. The Balaban J connectivity index is 1.08. The molecule has 4 heteroatoms. The van der Waals surface area contributed by atoms with Crippen LogP contribution in [-0.2, 0) is 0 Å². The summed E-state index contributed by atoms with van der Waals surface area (Å²) >= 11 is 0. The average Bonchev–Trinajstić information content (AvgIpc) is 3.88. The van der Waals surface area contributed by atoms with Crippen molar-refractivity contribution in [1.29, 1.82) is 0 Å². The van der Waals surface area contributed by atoms with Crippen LogP contribution < -0.4 is 4.90 Å². The van der Waals surface area contributed by atoms with Crippen molar-refractivity contribution >= 4 is 66.1 Å². The molecule has 0 bridgehead atoms. The van der Waals surface area contributed by atoms with E-state index in [0.717, 1.165) is 61.2 Å². The predicted molar refractivity (Wildman–Crippen MR) is 228 cm³/mol. The zero-order valence-electron chi connectivity index (χ0n) is 29.8. The molecule has 0 radical (unpaired) electrons. The second-order valence-corrected chi connectivity index (χ2v) is 14.0. The molecule has 0 fully saturated rings. The molecule has 0 aliphatic heterocycles. The molecule has 258 valence electrons. The number of anilines is 3. The van der Waals surface area contributed by atoms with E-state index >= 15 is 0 Å². The highest BCUT2D eigenvalue weighted by Gasteiger charge is 2.21. The normalized spacial score (nSPS) is 11.6. The predicted octanol–water partition coefficient (Wildman–Crippen LogP) is 14.0. The molecule has 3 heterocycles. The third-order valence-electron chi connectivity index (χ3n) is 10.9. The number of nitrogens with zero attached hydrogens (tertiary/aromatic N) is 3. The Morgan fingerprint density at radius 2 is 1.00 bits per heavy atom. The number of hydrogen-bond donors (Lipinski definition) is 0. The van der Waals surface area contributed by atoms with E-state index in [9.17, 15) is 0 Å². The van der Waals surface area contributed by atoms with E-state index in [2.05, 4.69) is 198 Å². The van der Waals surface area contributed by atoms with Gasteiger partial charge >= 0.3 is 0 Å². The van der Waals surface area contributed by atoms with E-state index in [1.54, 1.807) is 0 Å². The molecule has 0 aliphatic rings. The van der Waals surface area contributed by atoms with E-state index < -0.39 is 0 Å². The van der Waals surface area contributed by atoms with Crippen LogP contribution in [-0.4, -0.2) is 9.61 Å². The minimum absolute atomic E-state index is 0.867. The molecule has 4 nitrogen and oxygen atoms in total. The second-order valence-electron chi connectivity index (χ2n) is 14.0. The molecule has 0 unspecified atom stereocenters. The number of pyridine rings is 1. The molecule has 3 aromatic heterocycles. The number of rotatable bonds is 6. The minimum atomic E-state index is 0.867. The lowest BCUT2D eigenvalue weighted by molar-refractivity contribution is 0.669. The van der Waals surface area contributed by atoms with Gasteiger partial charge in [-0.3, -0.25) is 0 Å². The van der Waals surface area contributed by atoms with Gasteiger partial charge in [0.05, 0.1) is 5.52 Å². The van der Waals surface area contributed by atoms with Crippen LogP contribution in [0, 0.1) is 0 Å². The fourth-order valence-corrected chi connectivity index (χ4v) is 8.41. The van der Waals surface area contributed by atoms with E-state index in [0.29, 0.717) is 0 Å². The number of furan rings is 1. The van der Waals surface area contributed by atoms with Gasteiger partial charge in [0.15, 0.2) is 0 Å². The van der Waals surface area contributed by atoms with Gasteiger partial charge in [0, 0.05) is 45.8 Å². The Hall–Kier alpha value is -7.43. The standard InChI is InChI=1S/C51H33N3O/c1-3-12-38(13-4-1)54(39-14-5-2-6-15-39)40-27-22-34(23-28-40)49-41-16-7-9-18-43(41)50(44-19-10-8-17-42(44)49)46-20-11-21-47-51(46)45-29-25-35(32-48(45)55-47)36-24-26-37-30-31-52-53(37)33-36/h1-33H. The molecule has 0 saturated carbocycles. The molecule has 11 rings (SSSR count). The van der Waals surface area contributed by atoms with Gasteiger partial charge in [0.1, 0.15) is 11.2 Å². The van der Waals surface area contributed by atoms with Gasteiger partial charge in [0.25, 0.3) is 0 Å². The Morgan fingerprint density at radius 3 is 1.67 bits per heavy atom. The molecule has 0 N–H and O–H groups in total. The number of aromatic nitrogens is 2. The van der Waals surface area contributed by atoms with Gasteiger partial charge in [-0.05, 0) is 116 Å². The van der Waals surface area contributed by atoms with Crippen LogP contribution in [0.25, 0.3) is 82.4 Å². The fraction of sp³-hybridized carbons (Fsp3) is 0. The Bertz CT molecular complexity index is 3100. The smallest absolute Gasteiger partial charge is 0.136 e. The summed E-state index contributed by atoms with van der Waals surface area (Å²) in [6, 6.07) is 67.1. The minimum Gasteiger partial charge on any atom is -0.456 e. The summed E-state index contributed by atoms with van der Waals surface area (Å²) in [4.78, 5) is 2.31.